The molecule has 2 rings (SSSR count). The number of nitrogens with one attached hydrogen (secondary N) is 1. The number of anilines is 1. The van der Waals surface area contributed by atoms with Crippen LogP contribution in [0, 0.1) is 12.7 Å². The van der Waals surface area contributed by atoms with Crippen LogP contribution in [0.15, 0.2) is 24.3 Å². The number of rotatable bonds is 5. The first-order valence-corrected chi connectivity index (χ1v) is 6.49. The van der Waals surface area contributed by atoms with Crippen LogP contribution in [0.1, 0.15) is 4.88 Å². The Balaban J connectivity index is 2.22. The molecule has 0 saturated heterocycles. The quantitative estimate of drug-likeness (QED) is 0.843. The fourth-order valence-corrected chi connectivity index (χ4v) is 2.49. The SMILES string of the molecule is COCCNc1nc(-c2ccccc2F)c(C)s1. The lowest BCUT2D eigenvalue weighted by atomic mass is 10.1. The summed E-state index contributed by atoms with van der Waals surface area (Å²) < 4.78 is 18.7. The molecule has 0 bridgehead atoms. The average Bonchev–Trinajstić information content (AvgIpc) is 2.71. The van der Waals surface area contributed by atoms with Gasteiger partial charge in [-0.15, -0.1) is 11.3 Å². The number of aryl methyl sites for hydroxylation is 1. The van der Waals surface area contributed by atoms with Gasteiger partial charge in [0, 0.05) is 24.1 Å². The van der Waals surface area contributed by atoms with Crippen LogP contribution in [0.2, 0.25) is 0 Å². The molecule has 1 N–H and O–H groups in total. The van der Waals surface area contributed by atoms with Gasteiger partial charge >= 0.3 is 0 Å². The van der Waals surface area contributed by atoms with Crippen LogP contribution in [0.3, 0.4) is 0 Å². The molecule has 1 aromatic carbocycles. The molecule has 18 heavy (non-hydrogen) atoms. The maximum absolute atomic E-state index is 13.7. The Hall–Kier alpha value is -1.46. The maximum atomic E-state index is 13.7. The van der Waals surface area contributed by atoms with Crippen molar-refractivity contribution in [3.05, 3.63) is 35.0 Å². The molecule has 0 fully saturated rings. The number of benzene rings is 1. The minimum absolute atomic E-state index is 0.241. The number of thiazole rings is 1. The van der Waals surface area contributed by atoms with Gasteiger partial charge in [-0.3, -0.25) is 0 Å². The summed E-state index contributed by atoms with van der Waals surface area (Å²) in [6.45, 7) is 3.26. The van der Waals surface area contributed by atoms with Crippen LogP contribution in [0.25, 0.3) is 11.3 Å². The standard InChI is InChI=1S/C13H15FN2OS/c1-9-12(10-5-3-4-6-11(10)14)16-13(18-9)15-7-8-17-2/h3-6H,7-8H2,1-2H3,(H,15,16). The minimum atomic E-state index is -0.241. The van der Waals surface area contributed by atoms with E-state index in [2.05, 4.69) is 10.3 Å². The van der Waals surface area contributed by atoms with Gasteiger partial charge in [-0.2, -0.15) is 0 Å². The second-order valence-electron chi connectivity index (χ2n) is 3.82. The van der Waals surface area contributed by atoms with Crippen molar-refractivity contribution in [2.24, 2.45) is 0 Å². The lowest BCUT2D eigenvalue weighted by Crippen LogP contribution is -2.07. The van der Waals surface area contributed by atoms with Gasteiger partial charge < -0.3 is 10.1 Å². The molecule has 0 amide bonds. The normalized spacial score (nSPS) is 10.6. The van der Waals surface area contributed by atoms with Crippen molar-refractivity contribution in [2.75, 3.05) is 25.6 Å². The molecule has 1 aromatic heterocycles. The van der Waals surface area contributed by atoms with E-state index in [1.807, 2.05) is 13.0 Å². The Kier molecular flexibility index (Phi) is 4.28. The second kappa shape index (κ2) is 5.93. The van der Waals surface area contributed by atoms with E-state index < -0.39 is 0 Å². The van der Waals surface area contributed by atoms with Gasteiger partial charge in [0.1, 0.15) is 5.82 Å². The average molecular weight is 266 g/mol. The van der Waals surface area contributed by atoms with Crippen LogP contribution >= 0.6 is 11.3 Å². The summed E-state index contributed by atoms with van der Waals surface area (Å²) in [5, 5.41) is 3.95. The molecule has 0 atom stereocenters. The zero-order chi connectivity index (χ0) is 13.0. The van der Waals surface area contributed by atoms with Gasteiger partial charge in [0.2, 0.25) is 0 Å². The highest BCUT2D eigenvalue weighted by molar-refractivity contribution is 7.16. The van der Waals surface area contributed by atoms with Gasteiger partial charge in [0.25, 0.3) is 0 Å². The van der Waals surface area contributed by atoms with E-state index >= 15 is 0 Å². The number of methoxy groups -OCH3 is 1. The molecule has 1 heterocycles. The first kappa shape index (κ1) is 13.0. The first-order chi connectivity index (χ1) is 8.72. The Morgan fingerprint density at radius 3 is 2.89 bits per heavy atom. The fraction of sp³-hybridized carbons (Fsp3) is 0.308. The zero-order valence-electron chi connectivity index (χ0n) is 10.4. The van der Waals surface area contributed by atoms with E-state index in [1.54, 1.807) is 19.2 Å². The van der Waals surface area contributed by atoms with Gasteiger partial charge in [-0.05, 0) is 19.1 Å². The molecule has 2 aromatic rings. The molecule has 0 aliphatic rings. The molecule has 0 radical (unpaired) electrons. The summed E-state index contributed by atoms with van der Waals surface area (Å²) in [5.74, 6) is -0.241. The fourth-order valence-electron chi connectivity index (χ4n) is 1.64. The van der Waals surface area contributed by atoms with E-state index in [0.29, 0.717) is 24.4 Å². The lowest BCUT2D eigenvalue weighted by Gasteiger charge is -2.01. The first-order valence-electron chi connectivity index (χ1n) is 5.67. The monoisotopic (exact) mass is 266 g/mol. The predicted octanol–water partition coefficient (Wildman–Crippen LogP) is 3.32. The van der Waals surface area contributed by atoms with Crippen LogP contribution in [0.5, 0.6) is 0 Å². The number of ether oxygens (including phenoxy) is 1. The number of hydrogen-bond donors (Lipinski definition) is 1. The highest BCUT2D eigenvalue weighted by atomic mass is 32.1. The highest BCUT2D eigenvalue weighted by Crippen LogP contribution is 2.31. The van der Waals surface area contributed by atoms with Crippen molar-refractivity contribution in [3.63, 3.8) is 0 Å². The third-order valence-electron chi connectivity index (χ3n) is 2.51. The van der Waals surface area contributed by atoms with Gasteiger partial charge in [-0.25, -0.2) is 9.37 Å². The van der Waals surface area contributed by atoms with Crippen LogP contribution in [-0.2, 0) is 4.74 Å². The van der Waals surface area contributed by atoms with Crippen LogP contribution in [-0.4, -0.2) is 25.2 Å². The van der Waals surface area contributed by atoms with E-state index in [4.69, 9.17) is 4.74 Å². The van der Waals surface area contributed by atoms with Gasteiger partial charge in [0.05, 0.1) is 12.3 Å². The molecule has 0 aliphatic carbocycles. The zero-order valence-corrected chi connectivity index (χ0v) is 11.2. The third-order valence-corrected chi connectivity index (χ3v) is 3.44. The molecular weight excluding hydrogens is 251 g/mol. The Labute approximate surface area is 110 Å². The summed E-state index contributed by atoms with van der Waals surface area (Å²) in [7, 11) is 1.65. The summed E-state index contributed by atoms with van der Waals surface area (Å²) in [6.07, 6.45) is 0. The van der Waals surface area contributed by atoms with E-state index in [1.165, 1.54) is 17.4 Å². The number of aromatic nitrogens is 1. The Morgan fingerprint density at radius 1 is 1.39 bits per heavy atom. The van der Waals surface area contributed by atoms with Gasteiger partial charge in [0.15, 0.2) is 5.13 Å². The van der Waals surface area contributed by atoms with Crippen molar-refractivity contribution in [1.29, 1.82) is 0 Å². The summed E-state index contributed by atoms with van der Waals surface area (Å²) in [4.78, 5) is 5.42. The Bertz CT molecular complexity index is 527. The maximum Gasteiger partial charge on any atom is 0.183 e. The van der Waals surface area contributed by atoms with Gasteiger partial charge in [-0.1, -0.05) is 12.1 Å². The highest BCUT2D eigenvalue weighted by Gasteiger charge is 2.12. The Morgan fingerprint density at radius 2 is 2.17 bits per heavy atom. The van der Waals surface area contributed by atoms with E-state index in [0.717, 1.165) is 10.0 Å². The van der Waals surface area contributed by atoms with Crippen molar-refractivity contribution in [1.82, 2.24) is 4.98 Å². The number of hydrogen-bond acceptors (Lipinski definition) is 4. The second-order valence-corrected chi connectivity index (χ2v) is 5.03. The summed E-state index contributed by atoms with van der Waals surface area (Å²) >= 11 is 1.52. The van der Waals surface area contributed by atoms with E-state index in [9.17, 15) is 4.39 Å². The van der Waals surface area contributed by atoms with E-state index in [-0.39, 0.29) is 5.82 Å². The molecular formula is C13H15FN2OS. The summed E-state index contributed by atoms with van der Waals surface area (Å²) in [5.41, 5.74) is 1.25. The minimum Gasteiger partial charge on any atom is -0.383 e. The number of halogens is 1. The molecule has 0 spiro atoms. The van der Waals surface area contributed by atoms with Crippen molar-refractivity contribution in [3.8, 4) is 11.3 Å². The van der Waals surface area contributed by atoms with Crippen LogP contribution < -0.4 is 5.32 Å². The molecule has 3 nitrogen and oxygen atoms in total. The topological polar surface area (TPSA) is 34.1 Å². The van der Waals surface area contributed by atoms with Crippen molar-refractivity contribution >= 4 is 16.5 Å². The smallest absolute Gasteiger partial charge is 0.183 e. The molecule has 0 aliphatic heterocycles. The van der Waals surface area contributed by atoms with Crippen molar-refractivity contribution in [2.45, 2.75) is 6.92 Å². The molecule has 96 valence electrons. The third kappa shape index (κ3) is 2.86. The molecule has 5 heteroatoms. The largest absolute Gasteiger partial charge is 0.383 e. The molecule has 0 unspecified atom stereocenters. The number of nitrogens with zero attached hydrogens (tertiary/aromatic N) is 1. The predicted molar refractivity (Wildman–Crippen MR) is 72.6 cm³/mol. The summed E-state index contributed by atoms with van der Waals surface area (Å²) in [6, 6.07) is 6.69. The lowest BCUT2D eigenvalue weighted by molar-refractivity contribution is 0.211. The van der Waals surface area contributed by atoms with Crippen molar-refractivity contribution < 1.29 is 9.13 Å². The van der Waals surface area contributed by atoms with Crippen LogP contribution in [0.4, 0.5) is 9.52 Å². The molecule has 0 saturated carbocycles.